The minimum atomic E-state index is -0.772. The van der Waals surface area contributed by atoms with Crippen LogP contribution >= 0.6 is 0 Å². The summed E-state index contributed by atoms with van der Waals surface area (Å²) in [7, 11) is 1.59. The van der Waals surface area contributed by atoms with Gasteiger partial charge in [-0.05, 0) is 12.8 Å². The van der Waals surface area contributed by atoms with E-state index in [-0.39, 0.29) is 11.5 Å². The number of carbonyl (C=O) groups is 1. The molecule has 6 heteroatoms. The smallest absolute Gasteiger partial charge is 0.308 e. The molecule has 0 spiro atoms. The molecule has 1 aliphatic heterocycles. The molecule has 1 N–H and O–H groups in total. The van der Waals surface area contributed by atoms with Gasteiger partial charge in [-0.2, -0.15) is 5.10 Å². The lowest BCUT2D eigenvalue weighted by molar-refractivity contribution is -0.141. The van der Waals surface area contributed by atoms with E-state index in [1.807, 2.05) is 4.90 Å². The molecule has 1 aliphatic rings. The number of carboxylic acid groups (broad SMARTS) is 1. The Hall–Kier alpha value is -1.85. The van der Waals surface area contributed by atoms with Crippen molar-refractivity contribution in [3.63, 3.8) is 0 Å². The number of aromatic nitrogens is 2. The highest BCUT2D eigenvalue weighted by Crippen LogP contribution is 2.21. The fourth-order valence-corrected chi connectivity index (χ4v) is 2.05. The van der Waals surface area contributed by atoms with Gasteiger partial charge in [0.15, 0.2) is 0 Å². The average molecular weight is 237 g/mol. The Kier molecular flexibility index (Phi) is 3.12. The van der Waals surface area contributed by atoms with Gasteiger partial charge in [0.2, 0.25) is 0 Å². The molecule has 0 bridgehead atoms. The van der Waals surface area contributed by atoms with Crippen molar-refractivity contribution in [1.29, 1.82) is 0 Å². The molecule has 0 amide bonds. The number of nitrogens with zero attached hydrogens (tertiary/aromatic N) is 3. The van der Waals surface area contributed by atoms with Crippen LogP contribution in [0.25, 0.3) is 0 Å². The first-order valence-corrected chi connectivity index (χ1v) is 5.59. The van der Waals surface area contributed by atoms with Crippen LogP contribution in [0.2, 0.25) is 0 Å². The Morgan fingerprint density at radius 3 is 3.00 bits per heavy atom. The molecule has 0 radical (unpaired) electrons. The minimum Gasteiger partial charge on any atom is -0.481 e. The van der Waals surface area contributed by atoms with E-state index in [0.29, 0.717) is 18.7 Å². The van der Waals surface area contributed by atoms with Gasteiger partial charge in [0, 0.05) is 26.2 Å². The van der Waals surface area contributed by atoms with Gasteiger partial charge in [0.1, 0.15) is 0 Å². The minimum absolute atomic E-state index is 0.181. The van der Waals surface area contributed by atoms with Crippen LogP contribution in [-0.2, 0) is 11.8 Å². The summed E-state index contributed by atoms with van der Waals surface area (Å²) in [4.78, 5) is 24.3. The molecule has 0 saturated carbocycles. The zero-order valence-electron chi connectivity index (χ0n) is 9.67. The third-order valence-electron chi connectivity index (χ3n) is 3.09. The number of carboxylic acids is 1. The number of aryl methyl sites for hydroxylation is 1. The summed E-state index contributed by atoms with van der Waals surface area (Å²) in [5.74, 6) is -1.13. The number of hydrogen-bond donors (Lipinski definition) is 1. The lowest BCUT2D eigenvalue weighted by atomic mass is 9.98. The molecule has 0 aromatic carbocycles. The first-order valence-electron chi connectivity index (χ1n) is 5.59. The van der Waals surface area contributed by atoms with Crippen LogP contribution in [0.5, 0.6) is 0 Å². The summed E-state index contributed by atoms with van der Waals surface area (Å²) in [5, 5.41) is 12.9. The maximum absolute atomic E-state index is 11.5. The third-order valence-corrected chi connectivity index (χ3v) is 3.09. The normalized spacial score (nSPS) is 20.3. The van der Waals surface area contributed by atoms with Crippen molar-refractivity contribution >= 4 is 11.7 Å². The monoisotopic (exact) mass is 237 g/mol. The van der Waals surface area contributed by atoms with Gasteiger partial charge in [-0.25, -0.2) is 4.68 Å². The first-order chi connectivity index (χ1) is 8.08. The summed E-state index contributed by atoms with van der Waals surface area (Å²) in [6.07, 6.45) is 3.13. The molecule has 6 nitrogen and oxygen atoms in total. The van der Waals surface area contributed by atoms with Crippen LogP contribution in [0.4, 0.5) is 5.69 Å². The van der Waals surface area contributed by atoms with Crippen molar-refractivity contribution in [2.45, 2.75) is 12.8 Å². The topological polar surface area (TPSA) is 75.4 Å². The van der Waals surface area contributed by atoms with Crippen LogP contribution in [0, 0.1) is 5.92 Å². The summed E-state index contributed by atoms with van der Waals surface area (Å²) in [6.45, 7) is 1.23. The standard InChI is InChI=1S/C11H15N3O3/c1-13-10(15)5-9(6-12-13)14-4-2-3-8(7-14)11(16)17/h5-6,8H,2-4,7H2,1H3,(H,16,17)/t8-/m0/s1. The fraction of sp³-hybridized carbons (Fsp3) is 0.545. The summed E-state index contributed by atoms with van der Waals surface area (Å²) >= 11 is 0. The van der Waals surface area contributed by atoms with E-state index in [9.17, 15) is 9.59 Å². The summed E-state index contributed by atoms with van der Waals surface area (Å²) in [6, 6.07) is 1.50. The van der Waals surface area contributed by atoms with Gasteiger partial charge in [-0.1, -0.05) is 0 Å². The van der Waals surface area contributed by atoms with E-state index >= 15 is 0 Å². The van der Waals surface area contributed by atoms with Crippen molar-refractivity contribution < 1.29 is 9.90 Å². The zero-order chi connectivity index (χ0) is 12.4. The molecule has 17 heavy (non-hydrogen) atoms. The van der Waals surface area contributed by atoms with E-state index in [0.717, 1.165) is 13.0 Å². The Morgan fingerprint density at radius 1 is 1.59 bits per heavy atom. The molecule has 92 valence electrons. The Morgan fingerprint density at radius 2 is 2.35 bits per heavy atom. The van der Waals surface area contributed by atoms with Crippen LogP contribution in [0.3, 0.4) is 0 Å². The molecule has 1 fully saturated rings. The van der Waals surface area contributed by atoms with Crippen molar-refractivity contribution in [2.24, 2.45) is 13.0 Å². The number of rotatable bonds is 2. The van der Waals surface area contributed by atoms with E-state index in [1.54, 1.807) is 13.2 Å². The molecule has 1 saturated heterocycles. The first kappa shape index (κ1) is 11.6. The predicted molar refractivity (Wildman–Crippen MR) is 62.1 cm³/mol. The van der Waals surface area contributed by atoms with E-state index in [2.05, 4.69) is 5.10 Å². The van der Waals surface area contributed by atoms with Gasteiger partial charge < -0.3 is 10.0 Å². The number of anilines is 1. The molecule has 1 aromatic heterocycles. The summed E-state index contributed by atoms with van der Waals surface area (Å²) < 4.78 is 1.25. The molecule has 0 aliphatic carbocycles. The van der Waals surface area contributed by atoms with Gasteiger partial charge in [-0.3, -0.25) is 9.59 Å². The second-order valence-electron chi connectivity index (χ2n) is 4.30. The van der Waals surface area contributed by atoms with Crippen LogP contribution in [-0.4, -0.2) is 33.9 Å². The van der Waals surface area contributed by atoms with Crippen LogP contribution in [0.1, 0.15) is 12.8 Å². The number of aliphatic carboxylic acids is 1. The highest BCUT2D eigenvalue weighted by atomic mass is 16.4. The number of piperidine rings is 1. The molecular formula is C11H15N3O3. The average Bonchev–Trinajstić information content (AvgIpc) is 2.33. The van der Waals surface area contributed by atoms with Crippen LogP contribution in [0.15, 0.2) is 17.1 Å². The third kappa shape index (κ3) is 2.46. The van der Waals surface area contributed by atoms with Crippen molar-refractivity contribution in [3.8, 4) is 0 Å². The van der Waals surface area contributed by atoms with Crippen molar-refractivity contribution in [1.82, 2.24) is 9.78 Å². The zero-order valence-corrected chi connectivity index (χ0v) is 9.67. The molecule has 1 atom stereocenters. The summed E-state index contributed by atoms with van der Waals surface area (Å²) in [5.41, 5.74) is 0.527. The molecule has 2 rings (SSSR count). The van der Waals surface area contributed by atoms with E-state index in [4.69, 9.17) is 5.11 Å². The lowest BCUT2D eigenvalue weighted by Gasteiger charge is -2.32. The maximum Gasteiger partial charge on any atom is 0.308 e. The SMILES string of the molecule is Cn1ncc(N2CCC[C@H](C(=O)O)C2)cc1=O. The highest BCUT2D eigenvalue weighted by Gasteiger charge is 2.25. The van der Waals surface area contributed by atoms with Gasteiger partial charge >= 0.3 is 5.97 Å². The van der Waals surface area contributed by atoms with E-state index < -0.39 is 5.97 Å². The van der Waals surface area contributed by atoms with Crippen LogP contribution < -0.4 is 10.5 Å². The molecule has 0 unspecified atom stereocenters. The molecule has 1 aromatic rings. The largest absolute Gasteiger partial charge is 0.481 e. The second kappa shape index (κ2) is 4.57. The van der Waals surface area contributed by atoms with Crippen molar-refractivity contribution in [2.75, 3.05) is 18.0 Å². The van der Waals surface area contributed by atoms with Gasteiger partial charge in [0.05, 0.1) is 17.8 Å². The quantitative estimate of drug-likeness (QED) is 0.788. The van der Waals surface area contributed by atoms with Crippen molar-refractivity contribution in [3.05, 3.63) is 22.6 Å². The van der Waals surface area contributed by atoms with E-state index in [1.165, 1.54) is 10.7 Å². The lowest BCUT2D eigenvalue weighted by Crippen LogP contribution is -2.39. The maximum atomic E-state index is 11.5. The Bertz CT molecular complexity index is 483. The van der Waals surface area contributed by atoms with Gasteiger partial charge in [0.25, 0.3) is 5.56 Å². The fourth-order valence-electron chi connectivity index (χ4n) is 2.05. The molecular weight excluding hydrogens is 222 g/mol. The van der Waals surface area contributed by atoms with Gasteiger partial charge in [-0.15, -0.1) is 0 Å². The Balaban J connectivity index is 2.19. The highest BCUT2D eigenvalue weighted by molar-refractivity contribution is 5.71. The Labute approximate surface area is 98.5 Å². The second-order valence-corrected chi connectivity index (χ2v) is 4.30. The molecule has 2 heterocycles. The number of hydrogen-bond acceptors (Lipinski definition) is 4. The predicted octanol–water partition coefficient (Wildman–Crippen LogP) is 0.0813.